The van der Waals surface area contributed by atoms with E-state index in [2.05, 4.69) is 0 Å². The lowest BCUT2D eigenvalue weighted by molar-refractivity contribution is -0.104. The molecule has 0 heterocycles. The van der Waals surface area contributed by atoms with Crippen LogP contribution in [0.4, 0.5) is 0 Å². The summed E-state index contributed by atoms with van der Waals surface area (Å²) in [6.45, 7) is 0. The molecule has 1 rings (SSSR count). The van der Waals surface area contributed by atoms with Gasteiger partial charge in [0.15, 0.2) is 17.8 Å². The van der Waals surface area contributed by atoms with Crippen LogP contribution in [0.2, 0.25) is 0 Å². The van der Waals surface area contributed by atoms with Gasteiger partial charge in [0.25, 0.3) is 0 Å². The van der Waals surface area contributed by atoms with E-state index in [0.717, 1.165) is 0 Å². The summed E-state index contributed by atoms with van der Waals surface area (Å²) in [5, 5.41) is 17.8. The Labute approximate surface area is 87.0 Å². The molecule has 0 aromatic heterocycles. The van der Waals surface area contributed by atoms with E-state index in [4.69, 9.17) is 10.00 Å². The number of nitrogens with zero attached hydrogens (tertiary/aromatic N) is 1. The molecule has 0 aliphatic heterocycles. The third-order valence-electron chi connectivity index (χ3n) is 1.78. The van der Waals surface area contributed by atoms with Crippen molar-refractivity contribution in [2.45, 2.75) is 0 Å². The molecule has 4 nitrogen and oxygen atoms in total. The first-order chi connectivity index (χ1) is 7.21. The van der Waals surface area contributed by atoms with E-state index < -0.39 is 0 Å². The zero-order valence-corrected chi connectivity index (χ0v) is 8.10. The van der Waals surface area contributed by atoms with Gasteiger partial charge in [-0.15, -0.1) is 0 Å². The Morgan fingerprint density at radius 1 is 1.60 bits per heavy atom. The van der Waals surface area contributed by atoms with Crippen molar-refractivity contribution < 1.29 is 14.6 Å². The maximum Gasteiger partial charge on any atom is 0.161 e. The number of rotatable bonds is 3. The maximum absolute atomic E-state index is 10.4. The molecule has 0 unspecified atom stereocenters. The number of hydrogen-bond acceptors (Lipinski definition) is 4. The first-order valence-corrected chi connectivity index (χ1v) is 4.15. The predicted octanol–water partition coefficient (Wildman–Crippen LogP) is 1.51. The number of aromatic hydroxyl groups is 1. The van der Waals surface area contributed by atoms with Crippen LogP contribution in [-0.4, -0.2) is 18.5 Å². The van der Waals surface area contributed by atoms with Crippen LogP contribution in [0.15, 0.2) is 23.8 Å². The summed E-state index contributed by atoms with van der Waals surface area (Å²) in [6, 6.07) is 6.30. The van der Waals surface area contributed by atoms with Crippen molar-refractivity contribution in [3.63, 3.8) is 0 Å². The SMILES string of the molecule is COc1cc(C=C(C#N)C=O)ccc1O. The highest BCUT2D eigenvalue weighted by Crippen LogP contribution is 2.26. The smallest absolute Gasteiger partial charge is 0.161 e. The predicted molar refractivity (Wildman–Crippen MR) is 54.3 cm³/mol. The fraction of sp³-hybridized carbons (Fsp3) is 0.0909. The zero-order valence-electron chi connectivity index (χ0n) is 8.10. The number of carbonyl (C=O) groups excluding carboxylic acids is 1. The van der Waals surface area contributed by atoms with E-state index in [0.29, 0.717) is 17.6 Å². The molecule has 0 saturated heterocycles. The van der Waals surface area contributed by atoms with Gasteiger partial charge in [0.1, 0.15) is 6.07 Å². The first-order valence-electron chi connectivity index (χ1n) is 4.15. The van der Waals surface area contributed by atoms with Crippen molar-refractivity contribution in [1.82, 2.24) is 0 Å². The van der Waals surface area contributed by atoms with E-state index in [1.54, 1.807) is 12.1 Å². The highest BCUT2D eigenvalue weighted by molar-refractivity contribution is 5.86. The minimum absolute atomic E-state index is 0.0132. The molecule has 0 aliphatic carbocycles. The lowest BCUT2D eigenvalue weighted by atomic mass is 10.1. The van der Waals surface area contributed by atoms with Crippen LogP contribution in [0.3, 0.4) is 0 Å². The van der Waals surface area contributed by atoms with Crippen molar-refractivity contribution in [2.24, 2.45) is 0 Å². The van der Waals surface area contributed by atoms with Gasteiger partial charge in [0.2, 0.25) is 0 Å². The number of carbonyl (C=O) groups is 1. The molecule has 1 N–H and O–H groups in total. The van der Waals surface area contributed by atoms with Crippen LogP contribution in [0.1, 0.15) is 5.56 Å². The molecule has 1 aromatic carbocycles. The Hall–Kier alpha value is -2.28. The number of methoxy groups -OCH3 is 1. The number of hydrogen-bond donors (Lipinski definition) is 1. The maximum atomic E-state index is 10.4. The van der Waals surface area contributed by atoms with Gasteiger partial charge in [0.05, 0.1) is 12.7 Å². The molecule has 4 heteroatoms. The van der Waals surface area contributed by atoms with Gasteiger partial charge in [-0.1, -0.05) is 6.07 Å². The molecular weight excluding hydrogens is 194 g/mol. The topological polar surface area (TPSA) is 70.3 Å². The lowest BCUT2D eigenvalue weighted by Gasteiger charge is -2.03. The van der Waals surface area contributed by atoms with Crippen molar-refractivity contribution in [3.05, 3.63) is 29.3 Å². The first kappa shape index (κ1) is 10.8. The van der Waals surface area contributed by atoms with Crippen LogP contribution in [0.5, 0.6) is 11.5 Å². The van der Waals surface area contributed by atoms with E-state index in [-0.39, 0.29) is 11.3 Å². The quantitative estimate of drug-likeness (QED) is 0.459. The Kier molecular flexibility index (Phi) is 3.47. The van der Waals surface area contributed by atoms with E-state index in [1.807, 2.05) is 0 Å². The van der Waals surface area contributed by atoms with Crippen LogP contribution in [0, 0.1) is 11.3 Å². The molecule has 0 spiro atoms. The Balaban J connectivity index is 3.13. The van der Waals surface area contributed by atoms with Crippen LogP contribution in [-0.2, 0) is 4.79 Å². The fourth-order valence-corrected chi connectivity index (χ4v) is 1.06. The molecule has 0 fully saturated rings. The van der Waals surface area contributed by atoms with Crippen molar-refractivity contribution in [1.29, 1.82) is 5.26 Å². The average molecular weight is 203 g/mol. The van der Waals surface area contributed by atoms with Gasteiger partial charge in [-0.2, -0.15) is 5.26 Å². The van der Waals surface area contributed by atoms with E-state index in [1.165, 1.54) is 25.3 Å². The molecule has 0 amide bonds. The van der Waals surface area contributed by atoms with Gasteiger partial charge in [-0.25, -0.2) is 0 Å². The Morgan fingerprint density at radius 2 is 2.33 bits per heavy atom. The van der Waals surface area contributed by atoms with Crippen LogP contribution >= 0.6 is 0 Å². The number of ether oxygens (including phenoxy) is 1. The van der Waals surface area contributed by atoms with Crippen molar-refractivity contribution in [2.75, 3.05) is 7.11 Å². The Bertz CT molecular complexity index is 444. The summed E-state index contributed by atoms with van der Waals surface area (Å²) in [4.78, 5) is 10.4. The lowest BCUT2D eigenvalue weighted by Crippen LogP contribution is -1.85. The summed E-state index contributed by atoms with van der Waals surface area (Å²) >= 11 is 0. The summed E-state index contributed by atoms with van der Waals surface area (Å²) in [6.07, 6.45) is 1.88. The molecular formula is C11H9NO3. The summed E-state index contributed by atoms with van der Waals surface area (Å²) in [5.74, 6) is 0.311. The zero-order chi connectivity index (χ0) is 11.3. The van der Waals surface area contributed by atoms with Gasteiger partial charge in [0, 0.05) is 0 Å². The minimum Gasteiger partial charge on any atom is -0.504 e. The third-order valence-corrected chi connectivity index (χ3v) is 1.78. The van der Waals surface area contributed by atoms with E-state index >= 15 is 0 Å². The van der Waals surface area contributed by atoms with Crippen molar-refractivity contribution in [3.8, 4) is 17.6 Å². The highest BCUT2D eigenvalue weighted by atomic mass is 16.5. The molecule has 0 atom stereocenters. The van der Waals surface area contributed by atoms with Crippen LogP contribution < -0.4 is 4.74 Å². The number of benzene rings is 1. The highest BCUT2D eigenvalue weighted by Gasteiger charge is 2.01. The number of phenols is 1. The molecule has 0 bridgehead atoms. The Morgan fingerprint density at radius 3 is 2.87 bits per heavy atom. The second-order valence-electron chi connectivity index (χ2n) is 2.76. The number of aldehydes is 1. The molecule has 0 radical (unpaired) electrons. The van der Waals surface area contributed by atoms with Gasteiger partial charge in [-0.3, -0.25) is 4.79 Å². The van der Waals surface area contributed by atoms with Gasteiger partial charge >= 0.3 is 0 Å². The summed E-state index contributed by atoms with van der Waals surface area (Å²) in [7, 11) is 1.42. The monoisotopic (exact) mass is 203 g/mol. The second kappa shape index (κ2) is 4.82. The number of allylic oxidation sites excluding steroid dienone is 1. The molecule has 76 valence electrons. The van der Waals surface area contributed by atoms with Gasteiger partial charge in [-0.05, 0) is 23.8 Å². The number of phenolic OH excluding ortho intramolecular Hbond substituents is 1. The molecule has 1 aromatic rings. The van der Waals surface area contributed by atoms with Gasteiger partial charge < -0.3 is 9.84 Å². The normalized spacial score (nSPS) is 10.5. The minimum atomic E-state index is 0.0132. The summed E-state index contributed by atoms with van der Waals surface area (Å²) in [5.41, 5.74) is 0.635. The average Bonchev–Trinajstić information content (AvgIpc) is 2.28. The van der Waals surface area contributed by atoms with Crippen LogP contribution in [0.25, 0.3) is 6.08 Å². The standard InChI is InChI=1S/C11H9NO3/c1-15-11-5-8(2-3-10(11)14)4-9(6-12)7-13/h2-5,7,14H,1H3. The molecule has 0 aliphatic rings. The number of nitriles is 1. The molecule has 0 saturated carbocycles. The van der Waals surface area contributed by atoms with Crippen molar-refractivity contribution >= 4 is 12.4 Å². The molecule has 15 heavy (non-hydrogen) atoms. The largest absolute Gasteiger partial charge is 0.504 e. The fourth-order valence-electron chi connectivity index (χ4n) is 1.06. The summed E-state index contributed by atoms with van der Waals surface area (Å²) < 4.78 is 4.88. The van der Waals surface area contributed by atoms with E-state index in [9.17, 15) is 9.90 Å². The second-order valence-corrected chi connectivity index (χ2v) is 2.76. The third kappa shape index (κ3) is 2.58.